The van der Waals surface area contributed by atoms with Crippen LogP contribution in [0.5, 0.6) is 0 Å². The molecule has 3 rings (SSSR count). The van der Waals surface area contributed by atoms with Crippen LogP contribution < -0.4 is 11.5 Å². The lowest BCUT2D eigenvalue weighted by atomic mass is 9.93. The van der Waals surface area contributed by atoms with Gasteiger partial charge < -0.3 is 11.5 Å². The van der Waals surface area contributed by atoms with E-state index in [2.05, 4.69) is 12.1 Å². The maximum Gasteiger partial charge on any atom is 0.0316 e. The van der Waals surface area contributed by atoms with Crippen molar-refractivity contribution in [3.8, 4) is 0 Å². The van der Waals surface area contributed by atoms with Crippen molar-refractivity contribution in [2.75, 3.05) is 5.73 Å². The summed E-state index contributed by atoms with van der Waals surface area (Å²) in [6, 6.07) is 6.77. The van der Waals surface area contributed by atoms with Gasteiger partial charge in [-0.15, -0.1) is 0 Å². The summed E-state index contributed by atoms with van der Waals surface area (Å²) in [5.74, 6) is 1.40. The minimum atomic E-state index is 0.415. The standard InChI is InChI=1S/C13H18N2/c14-12-4-3-8-5-9-1-2-10(13(9)15)6-11(8)7-12/h3-4,7,9-10,13H,1-2,5-6,14-15H2/t9?,10?,13-/m1/s1. The van der Waals surface area contributed by atoms with E-state index >= 15 is 0 Å². The molecule has 0 amide bonds. The highest BCUT2D eigenvalue weighted by Gasteiger charge is 2.36. The van der Waals surface area contributed by atoms with Gasteiger partial charge >= 0.3 is 0 Å². The monoisotopic (exact) mass is 202 g/mol. The van der Waals surface area contributed by atoms with Gasteiger partial charge in [-0.2, -0.15) is 0 Å². The molecule has 4 N–H and O–H groups in total. The molecule has 2 aliphatic rings. The lowest BCUT2D eigenvalue weighted by Crippen LogP contribution is -2.31. The summed E-state index contributed by atoms with van der Waals surface area (Å²) >= 11 is 0. The number of anilines is 1. The summed E-state index contributed by atoms with van der Waals surface area (Å²) in [5.41, 5.74) is 15.9. The smallest absolute Gasteiger partial charge is 0.0316 e. The van der Waals surface area contributed by atoms with E-state index in [1.165, 1.54) is 24.0 Å². The second kappa shape index (κ2) is 3.24. The SMILES string of the molecule is Nc1ccc2c(c1)CC1CCC(C2)[C@H]1N. The molecule has 15 heavy (non-hydrogen) atoms. The van der Waals surface area contributed by atoms with Gasteiger partial charge in [0.2, 0.25) is 0 Å². The first-order valence-electron chi connectivity index (χ1n) is 5.87. The Bertz CT molecular complexity index is 386. The van der Waals surface area contributed by atoms with Gasteiger partial charge in [0.05, 0.1) is 0 Å². The van der Waals surface area contributed by atoms with Crippen molar-refractivity contribution in [3.05, 3.63) is 29.3 Å². The summed E-state index contributed by atoms with van der Waals surface area (Å²) < 4.78 is 0. The molecule has 0 aromatic heterocycles. The molecular weight excluding hydrogens is 184 g/mol. The Kier molecular flexibility index (Phi) is 1.99. The van der Waals surface area contributed by atoms with E-state index in [9.17, 15) is 0 Å². The van der Waals surface area contributed by atoms with Crippen molar-refractivity contribution in [1.82, 2.24) is 0 Å². The Balaban J connectivity index is 2.02. The van der Waals surface area contributed by atoms with Crippen LogP contribution in [0.15, 0.2) is 18.2 Å². The first-order chi connectivity index (χ1) is 7.24. The van der Waals surface area contributed by atoms with Crippen LogP contribution in [0.2, 0.25) is 0 Å². The summed E-state index contributed by atoms with van der Waals surface area (Å²) in [7, 11) is 0. The lowest BCUT2D eigenvalue weighted by molar-refractivity contribution is 0.421. The van der Waals surface area contributed by atoms with Gasteiger partial charge in [-0.05, 0) is 60.8 Å². The zero-order chi connectivity index (χ0) is 10.4. The summed E-state index contributed by atoms with van der Waals surface area (Å²) in [5, 5.41) is 0. The minimum absolute atomic E-state index is 0.415. The number of nitrogens with two attached hydrogens (primary N) is 2. The van der Waals surface area contributed by atoms with E-state index in [0.29, 0.717) is 17.9 Å². The van der Waals surface area contributed by atoms with E-state index in [4.69, 9.17) is 11.5 Å². The fourth-order valence-electron chi connectivity index (χ4n) is 3.27. The predicted octanol–water partition coefficient (Wildman–Crippen LogP) is 1.72. The van der Waals surface area contributed by atoms with Crippen LogP contribution in [0.4, 0.5) is 5.69 Å². The highest BCUT2D eigenvalue weighted by molar-refractivity contribution is 5.46. The number of hydrogen-bond acceptors (Lipinski definition) is 2. The Morgan fingerprint density at radius 1 is 1.00 bits per heavy atom. The van der Waals surface area contributed by atoms with Gasteiger partial charge in [0.15, 0.2) is 0 Å². The average Bonchev–Trinajstić information content (AvgIpc) is 2.44. The normalized spacial score (nSPS) is 33.5. The van der Waals surface area contributed by atoms with Crippen molar-refractivity contribution in [3.63, 3.8) is 0 Å². The van der Waals surface area contributed by atoms with Crippen LogP contribution in [0, 0.1) is 11.8 Å². The summed E-state index contributed by atoms with van der Waals surface area (Å²) in [6.45, 7) is 0. The van der Waals surface area contributed by atoms with E-state index in [0.717, 1.165) is 18.5 Å². The quantitative estimate of drug-likeness (QED) is 0.629. The average molecular weight is 202 g/mol. The zero-order valence-electron chi connectivity index (χ0n) is 8.95. The number of fused-ring (bicyclic) bond motifs is 3. The minimum Gasteiger partial charge on any atom is -0.399 e. The van der Waals surface area contributed by atoms with Crippen molar-refractivity contribution in [2.24, 2.45) is 17.6 Å². The molecule has 80 valence electrons. The summed E-state index contributed by atoms with van der Waals surface area (Å²) in [6.07, 6.45) is 4.92. The van der Waals surface area contributed by atoms with Gasteiger partial charge in [0.1, 0.15) is 0 Å². The van der Waals surface area contributed by atoms with Crippen molar-refractivity contribution in [2.45, 2.75) is 31.7 Å². The van der Waals surface area contributed by atoms with Crippen molar-refractivity contribution >= 4 is 5.69 Å². The van der Waals surface area contributed by atoms with Gasteiger partial charge in [-0.1, -0.05) is 6.07 Å². The number of benzene rings is 1. The fraction of sp³-hybridized carbons (Fsp3) is 0.538. The van der Waals surface area contributed by atoms with Crippen LogP contribution >= 0.6 is 0 Å². The molecule has 2 nitrogen and oxygen atoms in total. The third-order valence-corrected chi connectivity index (χ3v) is 4.19. The van der Waals surface area contributed by atoms with Gasteiger partial charge in [-0.25, -0.2) is 0 Å². The van der Waals surface area contributed by atoms with Gasteiger partial charge in [0.25, 0.3) is 0 Å². The largest absolute Gasteiger partial charge is 0.399 e. The molecule has 0 aliphatic heterocycles. The third kappa shape index (κ3) is 1.44. The molecule has 0 heterocycles. The molecule has 2 aliphatic carbocycles. The molecule has 1 aromatic rings. The van der Waals surface area contributed by atoms with Crippen LogP contribution in [0.3, 0.4) is 0 Å². The van der Waals surface area contributed by atoms with Crippen molar-refractivity contribution in [1.29, 1.82) is 0 Å². The predicted molar refractivity (Wildman–Crippen MR) is 62.5 cm³/mol. The van der Waals surface area contributed by atoms with E-state index < -0.39 is 0 Å². The zero-order valence-corrected chi connectivity index (χ0v) is 8.95. The number of nitrogen functional groups attached to an aromatic ring is 1. The van der Waals surface area contributed by atoms with Gasteiger partial charge in [-0.3, -0.25) is 0 Å². The number of hydrogen-bond donors (Lipinski definition) is 2. The molecule has 0 spiro atoms. The van der Waals surface area contributed by atoms with Crippen LogP contribution in [-0.2, 0) is 12.8 Å². The molecule has 1 aromatic carbocycles. The molecule has 1 saturated carbocycles. The molecule has 2 unspecified atom stereocenters. The Labute approximate surface area is 90.7 Å². The van der Waals surface area contributed by atoms with E-state index in [-0.39, 0.29) is 0 Å². The molecular formula is C13H18N2. The fourth-order valence-corrected chi connectivity index (χ4v) is 3.27. The third-order valence-electron chi connectivity index (χ3n) is 4.19. The molecule has 2 heteroatoms. The Hall–Kier alpha value is -1.02. The highest BCUT2D eigenvalue weighted by atomic mass is 14.7. The molecule has 0 radical (unpaired) electrons. The molecule has 0 saturated heterocycles. The van der Waals surface area contributed by atoms with Gasteiger partial charge in [0, 0.05) is 11.7 Å². The molecule has 1 fully saturated rings. The summed E-state index contributed by atoms with van der Waals surface area (Å²) in [4.78, 5) is 0. The second-order valence-electron chi connectivity index (χ2n) is 5.11. The maximum atomic E-state index is 6.27. The first kappa shape index (κ1) is 9.22. The van der Waals surface area contributed by atoms with E-state index in [1.807, 2.05) is 6.07 Å². The Morgan fingerprint density at radius 2 is 1.67 bits per heavy atom. The maximum absolute atomic E-state index is 6.27. The van der Waals surface area contributed by atoms with E-state index in [1.54, 1.807) is 0 Å². The Morgan fingerprint density at radius 3 is 2.40 bits per heavy atom. The molecule has 3 atom stereocenters. The first-order valence-corrected chi connectivity index (χ1v) is 5.87. The lowest BCUT2D eigenvalue weighted by Gasteiger charge is -2.15. The number of rotatable bonds is 0. The van der Waals surface area contributed by atoms with Crippen LogP contribution in [-0.4, -0.2) is 6.04 Å². The van der Waals surface area contributed by atoms with Crippen molar-refractivity contribution < 1.29 is 0 Å². The van der Waals surface area contributed by atoms with Crippen LogP contribution in [0.25, 0.3) is 0 Å². The topological polar surface area (TPSA) is 52.0 Å². The second-order valence-corrected chi connectivity index (χ2v) is 5.11. The van der Waals surface area contributed by atoms with Crippen LogP contribution in [0.1, 0.15) is 24.0 Å². The molecule has 2 bridgehead atoms. The highest BCUT2D eigenvalue weighted by Crippen LogP contribution is 2.39.